The van der Waals surface area contributed by atoms with Crippen molar-refractivity contribution in [2.75, 3.05) is 5.73 Å². The summed E-state index contributed by atoms with van der Waals surface area (Å²) in [7, 11) is 0. The number of rotatable bonds is 3. The van der Waals surface area contributed by atoms with Gasteiger partial charge in [-0.1, -0.05) is 0 Å². The Morgan fingerprint density at radius 3 is 2.78 bits per heavy atom. The van der Waals surface area contributed by atoms with E-state index >= 15 is 0 Å². The van der Waals surface area contributed by atoms with Gasteiger partial charge in [0.05, 0.1) is 6.33 Å². The molecule has 4 heterocycles. The molecule has 3 fully saturated rings. The number of anilines is 1. The SMILES string of the molecule is CC1(C)O[C@@H]2[C@H](O1)[C@@H](C(=O)NC1CCC1)O[C@H]2n1cnc2c(N)ncnc21. The van der Waals surface area contributed by atoms with Crippen molar-refractivity contribution in [3.8, 4) is 0 Å². The van der Waals surface area contributed by atoms with Crippen LogP contribution >= 0.6 is 0 Å². The first-order valence-electron chi connectivity index (χ1n) is 9.17. The molecule has 0 aromatic carbocycles. The number of aromatic nitrogens is 4. The van der Waals surface area contributed by atoms with Crippen molar-refractivity contribution in [2.24, 2.45) is 0 Å². The maximum absolute atomic E-state index is 12.8. The zero-order valence-electron chi connectivity index (χ0n) is 15.2. The van der Waals surface area contributed by atoms with Gasteiger partial charge in [-0.2, -0.15) is 0 Å². The minimum atomic E-state index is -0.809. The number of carbonyl (C=O) groups excluding carboxylic acids is 1. The molecule has 1 saturated carbocycles. The van der Waals surface area contributed by atoms with Gasteiger partial charge in [-0.25, -0.2) is 15.0 Å². The molecule has 0 unspecified atom stereocenters. The fourth-order valence-electron chi connectivity index (χ4n) is 3.90. The van der Waals surface area contributed by atoms with E-state index in [9.17, 15) is 4.79 Å². The summed E-state index contributed by atoms with van der Waals surface area (Å²) in [6, 6.07) is 0.218. The molecule has 0 spiro atoms. The molecule has 27 heavy (non-hydrogen) atoms. The van der Waals surface area contributed by atoms with Gasteiger partial charge in [-0.15, -0.1) is 0 Å². The molecule has 2 aromatic heterocycles. The highest BCUT2D eigenvalue weighted by atomic mass is 16.8. The third-order valence-electron chi connectivity index (χ3n) is 5.40. The molecule has 0 bridgehead atoms. The lowest BCUT2D eigenvalue weighted by atomic mass is 9.93. The summed E-state index contributed by atoms with van der Waals surface area (Å²) >= 11 is 0. The minimum absolute atomic E-state index is 0.169. The molecule has 2 aliphatic heterocycles. The molecule has 1 amide bonds. The van der Waals surface area contributed by atoms with Crippen LogP contribution in [0.2, 0.25) is 0 Å². The quantitative estimate of drug-likeness (QED) is 0.795. The summed E-state index contributed by atoms with van der Waals surface area (Å²) in [5.74, 6) is -0.690. The largest absolute Gasteiger partial charge is 0.382 e. The fourth-order valence-corrected chi connectivity index (χ4v) is 3.90. The van der Waals surface area contributed by atoms with Crippen molar-refractivity contribution >= 4 is 22.9 Å². The topological polar surface area (TPSA) is 126 Å². The number of nitrogens with zero attached hydrogens (tertiary/aromatic N) is 4. The van der Waals surface area contributed by atoms with Crippen LogP contribution in [0.15, 0.2) is 12.7 Å². The zero-order valence-corrected chi connectivity index (χ0v) is 15.2. The van der Waals surface area contributed by atoms with Gasteiger partial charge >= 0.3 is 0 Å². The average Bonchev–Trinajstić information content (AvgIpc) is 3.22. The van der Waals surface area contributed by atoms with E-state index in [4.69, 9.17) is 19.9 Å². The van der Waals surface area contributed by atoms with Crippen LogP contribution in [-0.2, 0) is 19.0 Å². The van der Waals surface area contributed by atoms with Crippen molar-refractivity contribution in [1.29, 1.82) is 0 Å². The van der Waals surface area contributed by atoms with Crippen LogP contribution in [-0.4, -0.2) is 55.6 Å². The van der Waals surface area contributed by atoms with Crippen molar-refractivity contribution in [1.82, 2.24) is 24.8 Å². The van der Waals surface area contributed by atoms with Gasteiger partial charge in [0.25, 0.3) is 5.91 Å². The summed E-state index contributed by atoms with van der Waals surface area (Å²) in [6.07, 6.45) is 3.75. The number of amides is 1. The van der Waals surface area contributed by atoms with E-state index in [-0.39, 0.29) is 17.8 Å². The Morgan fingerprint density at radius 2 is 2.04 bits per heavy atom. The van der Waals surface area contributed by atoms with Crippen LogP contribution in [0.3, 0.4) is 0 Å². The summed E-state index contributed by atoms with van der Waals surface area (Å²) < 4.78 is 19.9. The van der Waals surface area contributed by atoms with E-state index < -0.39 is 30.3 Å². The van der Waals surface area contributed by atoms with Crippen molar-refractivity contribution in [3.05, 3.63) is 12.7 Å². The summed E-state index contributed by atoms with van der Waals surface area (Å²) in [6.45, 7) is 3.66. The molecule has 5 rings (SSSR count). The van der Waals surface area contributed by atoms with Gasteiger partial charge in [0.1, 0.15) is 24.1 Å². The summed E-state index contributed by atoms with van der Waals surface area (Å²) in [5.41, 5.74) is 6.89. The molecular weight excluding hydrogens is 352 g/mol. The van der Waals surface area contributed by atoms with Crippen molar-refractivity contribution < 1.29 is 19.0 Å². The standard InChI is InChI=1S/C17H22N6O4/c1-17(2)26-10-11(15(24)22-8-4-3-5-8)25-16(12(10)27-17)23-7-21-9-13(18)19-6-20-14(9)23/h6-8,10-12,16H,3-5H2,1-2H3,(H,22,24)(H2,18,19,20)/t10-,11+,12-,16-/m1/s1. The number of nitrogens with two attached hydrogens (primary N) is 1. The number of hydrogen-bond donors (Lipinski definition) is 2. The summed E-state index contributed by atoms with van der Waals surface area (Å²) in [4.78, 5) is 25.3. The molecule has 144 valence electrons. The number of ether oxygens (including phenoxy) is 3. The maximum atomic E-state index is 12.8. The lowest BCUT2D eigenvalue weighted by Gasteiger charge is -2.29. The van der Waals surface area contributed by atoms with Gasteiger partial charge in [0.2, 0.25) is 0 Å². The predicted molar refractivity (Wildman–Crippen MR) is 93.3 cm³/mol. The summed E-state index contributed by atoms with van der Waals surface area (Å²) in [5, 5.41) is 3.04. The number of hydrogen-bond acceptors (Lipinski definition) is 8. The molecule has 4 atom stereocenters. The minimum Gasteiger partial charge on any atom is -0.382 e. The molecule has 10 heteroatoms. The van der Waals surface area contributed by atoms with E-state index in [0.29, 0.717) is 11.2 Å². The Kier molecular flexibility index (Phi) is 3.65. The monoisotopic (exact) mass is 374 g/mol. The van der Waals surface area contributed by atoms with Crippen LogP contribution in [0.25, 0.3) is 11.2 Å². The molecular formula is C17H22N6O4. The van der Waals surface area contributed by atoms with Crippen LogP contribution in [0, 0.1) is 0 Å². The van der Waals surface area contributed by atoms with Crippen molar-refractivity contribution in [3.63, 3.8) is 0 Å². The first-order valence-corrected chi connectivity index (χ1v) is 9.17. The van der Waals surface area contributed by atoms with Crippen molar-refractivity contribution in [2.45, 2.75) is 69.5 Å². The van der Waals surface area contributed by atoms with E-state index in [1.54, 1.807) is 10.9 Å². The second-order valence-electron chi connectivity index (χ2n) is 7.73. The Morgan fingerprint density at radius 1 is 1.26 bits per heavy atom. The highest BCUT2D eigenvalue weighted by molar-refractivity contribution is 5.83. The smallest absolute Gasteiger partial charge is 0.252 e. The molecule has 3 N–H and O–H groups in total. The average molecular weight is 374 g/mol. The molecule has 1 aliphatic carbocycles. The first kappa shape index (κ1) is 16.8. The second-order valence-corrected chi connectivity index (χ2v) is 7.73. The number of nitrogen functional groups attached to an aromatic ring is 1. The van der Waals surface area contributed by atoms with Crippen LogP contribution in [0.4, 0.5) is 5.82 Å². The molecule has 2 saturated heterocycles. The second kappa shape index (κ2) is 5.85. The van der Waals surface area contributed by atoms with Crippen LogP contribution in [0.5, 0.6) is 0 Å². The first-order chi connectivity index (χ1) is 12.9. The lowest BCUT2D eigenvalue weighted by molar-refractivity contribution is -0.197. The van der Waals surface area contributed by atoms with E-state index in [2.05, 4.69) is 20.3 Å². The zero-order chi connectivity index (χ0) is 18.8. The third kappa shape index (κ3) is 2.67. The Bertz CT molecular complexity index is 895. The molecule has 3 aliphatic rings. The molecule has 2 aromatic rings. The van der Waals surface area contributed by atoms with E-state index in [1.807, 2.05) is 13.8 Å². The number of nitrogens with one attached hydrogen (secondary N) is 1. The lowest BCUT2D eigenvalue weighted by Crippen LogP contribution is -2.48. The maximum Gasteiger partial charge on any atom is 0.252 e. The third-order valence-corrected chi connectivity index (χ3v) is 5.40. The Balaban J connectivity index is 1.48. The van der Waals surface area contributed by atoms with E-state index in [1.165, 1.54) is 6.33 Å². The van der Waals surface area contributed by atoms with Gasteiger partial charge in [-0.05, 0) is 33.1 Å². The highest BCUT2D eigenvalue weighted by Crippen LogP contribution is 2.44. The fraction of sp³-hybridized carbons (Fsp3) is 0.647. The van der Waals surface area contributed by atoms with Gasteiger partial charge in [0, 0.05) is 6.04 Å². The number of carbonyl (C=O) groups is 1. The van der Waals surface area contributed by atoms with Crippen LogP contribution < -0.4 is 11.1 Å². The van der Waals surface area contributed by atoms with Gasteiger partial charge in [-0.3, -0.25) is 9.36 Å². The Hall–Kier alpha value is -2.30. The van der Waals surface area contributed by atoms with Gasteiger partial charge < -0.3 is 25.3 Å². The van der Waals surface area contributed by atoms with E-state index in [0.717, 1.165) is 19.3 Å². The normalized spacial score (nSPS) is 32.4. The number of imidazole rings is 1. The molecule has 0 radical (unpaired) electrons. The molecule has 10 nitrogen and oxygen atoms in total. The predicted octanol–water partition coefficient (Wildman–Crippen LogP) is 0.495. The Labute approximate surface area is 155 Å². The van der Waals surface area contributed by atoms with Gasteiger partial charge in [0.15, 0.2) is 29.6 Å². The van der Waals surface area contributed by atoms with Crippen LogP contribution in [0.1, 0.15) is 39.3 Å². The number of fused-ring (bicyclic) bond motifs is 2. The highest BCUT2D eigenvalue weighted by Gasteiger charge is 2.58.